The smallest absolute Gasteiger partial charge is 0.338 e. The predicted octanol–water partition coefficient (Wildman–Crippen LogP) is 4.52. The molecule has 0 saturated carbocycles. The summed E-state index contributed by atoms with van der Waals surface area (Å²) in [4.78, 5) is 24.2. The van der Waals surface area contributed by atoms with E-state index >= 15 is 0 Å². The van der Waals surface area contributed by atoms with Gasteiger partial charge in [-0.15, -0.1) is 0 Å². The number of halogens is 2. The van der Waals surface area contributed by atoms with Crippen LogP contribution in [0, 0.1) is 0 Å². The van der Waals surface area contributed by atoms with Crippen molar-refractivity contribution in [3.8, 4) is 0 Å². The quantitative estimate of drug-likeness (QED) is 0.602. The summed E-state index contributed by atoms with van der Waals surface area (Å²) < 4.78 is 5.07. The van der Waals surface area contributed by atoms with Gasteiger partial charge in [-0.1, -0.05) is 35.3 Å². The van der Waals surface area contributed by atoms with Crippen LogP contribution in [0.25, 0.3) is 0 Å². The summed E-state index contributed by atoms with van der Waals surface area (Å²) in [5.41, 5.74) is 3.31. The molecule has 5 heteroatoms. The number of hydrogen-bond acceptors (Lipinski definition) is 3. The molecule has 0 fully saturated rings. The van der Waals surface area contributed by atoms with Crippen molar-refractivity contribution in [3.63, 3.8) is 0 Å². The average molecular weight is 349 g/mol. The lowest BCUT2D eigenvalue weighted by atomic mass is 10.0. The van der Waals surface area contributed by atoms with Gasteiger partial charge in [0, 0.05) is 15.6 Å². The number of fused-ring (bicyclic) bond motifs is 1. The molecule has 0 heterocycles. The van der Waals surface area contributed by atoms with Crippen molar-refractivity contribution in [3.05, 3.63) is 68.7 Å². The number of esters is 1. The Morgan fingerprint density at radius 1 is 0.913 bits per heavy atom. The molecule has 23 heavy (non-hydrogen) atoms. The highest BCUT2D eigenvalue weighted by molar-refractivity contribution is 6.35. The molecular weight excluding hydrogens is 335 g/mol. The Hall–Kier alpha value is -1.84. The average Bonchev–Trinajstić information content (AvgIpc) is 2.98. The van der Waals surface area contributed by atoms with E-state index in [2.05, 4.69) is 0 Å². The van der Waals surface area contributed by atoms with Crippen LogP contribution in [0.15, 0.2) is 36.4 Å². The highest BCUT2D eigenvalue weighted by Crippen LogP contribution is 2.23. The van der Waals surface area contributed by atoms with E-state index in [0.717, 1.165) is 19.3 Å². The molecule has 0 aliphatic heterocycles. The number of carbonyl (C=O) groups excluding carboxylic acids is 2. The lowest BCUT2D eigenvalue weighted by Gasteiger charge is -2.07. The second-order valence-corrected chi connectivity index (χ2v) is 6.37. The molecule has 0 radical (unpaired) electrons. The highest BCUT2D eigenvalue weighted by Gasteiger charge is 2.16. The molecule has 0 unspecified atom stereocenters. The largest absolute Gasteiger partial charge is 0.454 e. The molecule has 3 rings (SSSR count). The second-order valence-electron chi connectivity index (χ2n) is 5.49. The van der Waals surface area contributed by atoms with Crippen molar-refractivity contribution < 1.29 is 14.3 Å². The van der Waals surface area contributed by atoms with Gasteiger partial charge in [0.15, 0.2) is 12.4 Å². The van der Waals surface area contributed by atoms with Crippen LogP contribution >= 0.6 is 23.2 Å². The van der Waals surface area contributed by atoms with Gasteiger partial charge in [-0.05, 0) is 54.7 Å². The number of Topliss-reactive ketones (excluding diaryl/α,β-unsaturated/α-hetero) is 1. The van der Waals surface area contributed by atoms with Crippen LogP contribution in [0.3, 0.4) is 0 Å². The summed E-state index contributed by atoms with van der Waals surface area (Å²) >= 11 is 11.7. The molecule has 2 aromatic carbocycles. The van der Waals surface area contributed by atoms with E-state index in [1.165, 1.54) is 29.3 Å². The van der Waals surface area contributed by atoms with Gasteiger partial charge in [-0.3, -0.25) is 4.79 Å². The van der Waals surface area contributed by atoms with Crippen LogP contribution in [0.2, 0.25) is 10.0 Å². The summed E-state index contributed by atoms with van der Waals surface area (Å²) in [6.45, 7) is -0.304. The fourth-order valence-corrected chi connectivity index (χ4v) is 3.24. The van der Waals surface area contributed by atoms with E-state index in [1.807, 2.05) is 12.1 Å². The molecule has 0 spiro atoms. The van der Waals surface area contributed by atoms with Gasteiger partial charge in [-0.25, -0.2) is 4.79 Å². The maximum absolute atomic E-state index is 12.2. The zero-order valence-electron chi connectivity index (χ0n) is 12.3. The Kier molecular flexibility index (Phi) is 4.69. The molecule has 0 amide bonds. The van der Waals surface area contributed by atoms with E-state index in [-0.39, 0.29) is 18.0 Å². The molecule has 118 valence electrons. The molecule has 0 saturated heterocycles. The van der Waals surface area contributed by atoms with Gasteiger partial charge < -0.3 is 4.74 Å². The van der Waals surface area contributed by atoms with Gasteiger partial charge in [0.05, 0.1) is 5.56 Å². The second kappa shape index (κ2) is 6.73. The molecule has 1 aliphatic rings. The standard InChI is InChI=1S/C18H14Cl2O3/c19-15-7-14(8-16(20)9-15)18(22)23-10-17(21)13-5-4-11-2-1-3-12(11)6-13/h4-9H,1-3,10H2. The number of hydrogen-bond donors (Lipinski definition) is 0. The van der Waals surface area contributed by atoms with Gasteiger partial charge >= 0.3 is 5.97 Å². The maximum atomic E-state index is 12.2. The van der Waals surface area contributed by atoms with Crippen molar-refractivity contribution in [2.45, 2.75) is 19.3 Å². The van der Waals surface area contributed by atoms with E-state index < -0.39 is 5.97 Å². The Morgan fingerprint density at radius 3 is 2.35 bits per heavy atom. The Balaban J connectivity index is 1.65. The number of ketones is 1. The zero-order chi connectivity index (χ0) is 16.4. The van der Waals surface area contributed by atoms with Gasteiger partial charge in [-0.2, -0.15) is 0 Å². The van der Waals surface area contributed by atoms with E-state index in [1.54, 1.807) is 6.07 Å². The minimum Gasteiger partial charge on any atom is -0.454 e. The third kappa shape index (κ3) is 3.74. The van der Waals surface area contributed by atoms with Gasteiger partial charge in [0.1, 0.15) is 0 Å². The van der Waals surface area contributed by atoms with Crippen molar-refractivity contribution >= 4 is 35.0 Å². The fraction of sp³-hybridized carbons (Fsp3) is 0.222. The van der Waals surface area contributed by atoms with Crippen LogP contribution in [-0.4, -0.2) is 18.4 Å². The van der Waals surface area contributed by atoms with Crippen LogP contribution in [0.4, 0.5) is 0 Å². The number of benzene rings is 2. The normalized spacial score (nSPS) is 12.8. The third-order valence-corrected chi connectivity index (χ3v) is 4.29. The van der Waals surface area contributed by atoms with Crippen molar-refractivity contribution in [2.75, 3.05) is 6.61 Å². The SMILES string of the molecule is O=C(COC(=O)c1cc(Cl)cc(Cl)c1)c1ccc2c(c1)CCC2. The third-order valence-electron chi connectivity index (χ3n) is 3.85. The fourth-order valence-electron chi connectivity index (χ4n) is 2.71. The van der Waals surface area contributed by atoms with Crippen molar-refractivity contribution in [1.82, 2.24) is 0 Å². The van der Waals surface area contributed by atoms with Crippen LogP contribution in [0.1, 0.15) is 38.3 Å². The first-order valence-corrected chi connectivity index (χ1v) is 8.07. The number of rotatable bonds is 4. The minimum absolute atomic E-state index is 0.221. The molecule has 0 aromatic heterocycles. The highest BCUT2D eigenvalue weighted by atomic mass is 35.5. The topological polar surface area (TPSA) is 43.4 Å². The first kappa shape index (κ1) is 16.0. The van der Waals surface area contributed by atoms with E-state index in [0.29, 0.717) is 15.6 Å². The lowest BCUT2D eigenvalue weighted by Crippen LogP contribution is -2.14. The Bertz CT molecular complexity index is 764. The molecule has 2 aromatic rings. The monoisotopic (exact) mass is 348 g/mol. The molecular formula is C18H14Cl2O3. The molecule has 0 atom stereocenters. The van der Waals surface area contributed by atoms with Crippen molar-refractivity contribution in [2.24, 2.45) is 0 Å². The Labute approximate surface area is 144 Å². The molecule has 3 nitrogen and oxygen atoms in total. The Morgan fingerprint density at radius 2 is 1.61 bits per heavy atom. The van der Waals surface area contributed by atoms with Crippen LogP contribution < -0.4 is 0 Å². The first-order chi connectivity index (χ1) is 11.0. The number of aryl methyl sites for hydroxylation is 2. The zero-order valence-corrected chi connectivity index (χ0v) is 13.8. The van der Waals surface area contributed by atoms with Crippen LogP contribution in [-0.2, 0) is 17.6 Å². The summed E-state index contributed by atoms with van der Waals surface area (Å²) in [5.74, 6) is -0.843. The minimum atomic E-state index is -0.621. The number of ether oxygens (including phenoxy) is 1. The van der Waals surface area contributed by atoms with Crippen molar-refractivity contribution in [1.29, 1.82) is 0 Å². The molecule has 0 bridgehead atoms. The summed E-state index contributed by atoms with van der Waals surface area (Å²) in [5, 5.41) is 0.684. The van der Waals surface area contributed by atoms with E-state index in [4.69, 9.17) is 27.9 Å². The molecule has 1 aliphatic carbocycles. The lowest BCUT2D eigenvalue weighted by molar-refractivity contribution is 0.0475. The summed E-state index contributed by atoms with van der Waals surface area (Å²) in [6, 6.07) is 10.1. The molecule has 0 N–H and O–H groups in total. The maximum Gasteiger partial charge on any atom is 0.338 e. The summed E-state index contributed by atoms with van der Waals surface area (Å²) in [6.07, 6.45) is 3.18. The van der Waals surface area contributed by atoms with Gasteiger partial charge in [0.25, 0.3) is 0 Å². The predicted molar refractivity (Wildman–Crippen MR) is 89.5 cm³/mol. The van der Waals surface area contributed by atoms with Gasteiger partial charge in [0.2, 0.25) is 0 Å². The summed E-state index contributed by atoms with van der Waals surface area (Å²) in [7, 11) is 0. The number of carbonyl (C=O) groups is 2. The van der Waals surface area contributed by atoms with E-state index in [9.17, 15) is 9.59 Å². The van der Waals surface area contributed by atoms with Crippen LogP contribution in [0.5, 0.6) is 0 Å². The first-order valence-electron chi connectivity index (χ1n) is 7.31.